The van der Waals surface area contributed by atoms with E-state index in [1.54, 1.807) is 0 Å². The third kappa shape index (κ3) is 3.85. The first-order valence-electron chi connectivity index (χ1n) is 15.9. The Labute approximate surface area is 264 Å². The van der Waals surface area contributed by atoms with Crippen molar-refractivity contribution in [3.05, 3.63) is 169 Å². The summed E-state index contributed by atoms with van der Waals surface area (Å²) in [4.78, 5) is 0. The number of rotatable bonds is 3. The molecule has 0 spiro atoms. The summed E-state index contributed by atoms with van der Waals surface area (Å²) in [5, 5.41) is 7.66. The van der Waals surface area contributed by atoms with E-state index < -0.39 is 0 Å². The third-order valence-electron chi connectivity index (χ3n) is 10.0. The molecule has 1 aliphatic rings. The van der Waals surface area contributed by atoms with E-state index >= 15 is 0 Å². The Bertz CT molecular complexity index is 2390. The monoisotopic (exact) mass is 572 g/mol. The van der Waals surface area contributed by atoms with Gasteiger partial charge in [-0.3, -0.25) is 0 Å². The highest BCUT2D eigenvalue weighted by Gasteiger charge is 2.35. The van der Waals surface area contributed by atoms with Crippen LogP contribution in [0.4, 0.5) is 0 Å². The van der Waals surface area contributed by atoms with Gasteiger partial charge in [0.1, 0.15) is 0 Å². The summed E-state index contributed by atoms with van der Waals surface area (Å²) >= 11 is 0. The molecule has 0 saturated carbocycles. The van der Waals surface area contributed by atoms with Crippen LogP contribution in [-0.2, 0) is 5.41 Å². The van der Waals surface area contributed by atoms with Crippen LogP contribution in [0.1, 0.15) is 25.0 Å². The van der Waals surface area contributed by atoms with Gasteiger partial charge in [-0.1, -0.05) is 153 Å². The van der Waals surface area contributed by atoms with Gasteiger partial charge in [-0.05, 0) is 106 Å². The second-order valence-electron chi connectivity index (χ2n) is 12.9. The van der Waals surface area contributed by atoms with Crippen LogP contribution in [0.25, 0.3) is 76.8 Å². The molecule has 9 rings (SSSR count). The lowest BCUT2D eigenvalue weighted by atomic mass is 9.81. The van der Waals surface area contributed by atoms with Crippen LogP contribution in [0.15, 0.2) is 158 Å². The summed E-state index contributed by atoms with van der Waals surface area (Å²) in [5.41, 5.74) is 13.1. The van der Waals surface area contributed by atoms with Crippen molar-refractivity contribution in [1.29, 1.82) is 0 Å². The predicted octanol–water partition coefficient (Wildman–Crippen LogP) is 12.5. The molecule has 0 nitrogen and oxygen atoms in total. The molecule has 45 heavy (non-hydrogen) atoms. The Morgan fingerprint density at radius 1 is 0.333 bits per heavy atom. The average Bonchev–Trinajstić information content (AvgIpc) is 3.32. The fourth-order valence-corrected chi connectivity index (χ4v) is 7.90. The van der Waals surface area contributed by atoms with Crippen molar-refractivity contribution in [3.63, 3.8) is 0 Å². The van der Waals surface area contributed by atoms with Crippen molar-refractivity contribution in [2.24, 2.45) is 0 Å². The van der Waals surface area contributed by atoms with E-state index in [0.717, 1.165) is 0 Å². The summed E-state index contributed by atoms with van der Waals surface area (Å²) < 4.78 is 0. The summed E-state index contributed by atoms with van der Waals surface area (Å²) in [5.74, 6) is 0. The Kier molecular flexibility index (Phi) is 5.64. The Hall–Kier alpha value is -5.46. The minimum Gasteiger partial charge on any atom is -0.0622 e. The third-order valence-corrected chi connectivity index (χ3v) is 10.0. The van der Waals surface area contributed by atoms with Crippen molar-refractivity contribution in [1.82, 2.24) is 0 Å². The Morgan fingerprint density at radius 2 is 0.889 bits per heavy atom. The first-order chi connectivity index (χ1) is 22.1. The Morgan fingerprint density at radius 3 is 1.60 bits per heavy atom. The molecule has 8 aromatic carbocycles. The fourth-order valence-electron chi connectivity index (χ4n) is 7.90. The van der Waals surface area contributed by atoms with Gasteiger partial charge in [0.15, 0.2) is 0 Å². The predicted molar refractivity (Wildman–Crippen MR) is 193 cm³/mol. The number of benzene rings is 8. The smallest absolute Gasteiger partial charge is 0.0159 e. The van der Waals surface area contributed by atoms with Crippen LogP contribution in [0.5, 0.6) is 0 Å². The highest BCUT2D eigenvalue weighted by molar-refractivity contribution is 6.23. The van der Waals surface area contributed by atoms with E-state index in [9.17, 15) is 0 Å². The molecule has 0 heterocycles. The van der Waals surface area contributed by atoms with Crippen LogP contribution in [-0.4, -0.2) is 0 Å². The van der Waals surface area contributed by atoms with Crippen LogP contribution in [0, 0.1) is 0 Å². The van der Waals surface area contributed by atoms with Gasteiger partial charge in [-0.15, -0.1) is 0 Å². The molecule has 0 radical (unpaired) electrons. The number of fused-ring (bicyclic) bond motifs is 6. The topological polar surface area (TPSA) is 0 Å². The lowest BCUT2D eigenvalue weighted by molar-refractivity contribution is 0.660. The maximum Gasteiger partial charge on any atom is 0.0159 e. The molecule has 1 aliphatic carbocycles. The first kappa shape index (κ1) is 26.0. The summed E-state index contributed by atoms with van der Waals surface area (Å²) in [7, 11) is 0. The minimum atomic E-state index is -0.0404. The van der Waals surface area contributed by atoms with E-state index in [-0.39, 0.29) is 5.41 Å². The van der Waals surface area contributed by atoms with Crippen molar-refractivity contribution < 1.29 is 0 Å². The summed E-state index contributed by atoms with van der Waals surface area (Å²) in [6, 6.07) is 58.4. The zero-order valence-electron chi connectivity index (χ0n) is 25.5. The van der Waals surface area contributed by atoms with Gasteiger partial charge in [0, 0.05) is 5.41 Å². The second-order valence-corrected chi connectivity index (χ2v) is 12.9. The highest BCUT2D eigenvalue weighted by Crippen LogP contribution is 2.50. The summed E-state index contributed by atoms with van der Waals surface area (Å²) in [6.07, 6.45) is 0. The van der Waals surface area contributed by atoms with E-state index in [2.05, 4.69) is 172 Å². The van der Waals surface area contributed by atoms with Crippen molar-refractivity contribution in [2.75, 3.05) is 0 Å². The van der Waals surface area contributed by atoms with Crippen LogP contribution < -0.4 is 0 Å². The SMILES string of the molecule is CC1(C)c2ccccc2-c2ccc(-c3cc(-c4c5ccccc5c(-c5ccccc5)c5ccccc45)c4ccccc4c3)cc21. The number of hydrogen-bond acceptors (Lipinski definition) is 0. The van der Waals surface area contributed by atoms with Crippen LogP contribution in [0.3, 0.4) is 0 Å². The van der Waals surface area contributed by atoms with Crippen molar-refractivity contribution in [2.45, 2.75) is 19.3 Å². The summed E-state index contributed by atoms with van der Waals surface area (Å²) in [6.45, 7) is 4.72. The Balaban J connectivity index is 1.35. The molecule has 0 N–H and O–H groups in total. The highest BCUT2D eigenvalue weighted by atomic mass is 14.4. The quantitative estimate of drug-likeness (QED) is 0.185. The molecule has 8 aromatic rings. The molecule has 0 heteroatoms. The van der Waals surface area contributed by atoms with Crippen LogP contribution >= 0.6 is 0 Å². The molecule has 0 saturated heterocycles. The van der Waals surface area contributed by atoms with Crippen molar-refractivity contribution >= 4 is 32.3 Å². The molecular weight excluding hydrogens is 540 g/mol. The van der Waals surface area contributed by atoms with E-state index in [0.29, 0.717) is 0 Å². The largest absolute Gasteiger partial charge is 0.0622 e. The molecule has 0 atom stereocenters. The lowest BCUT2D eigenvalue weighted by Gasteiger charge is -2.22. The average molecular weight is 573 g/mol. The van der Waals surface area contributed by atoms with Gasteiger partial charge in [0.05, 0.1) is 0 Å². The maximum atomic E-state index is 2.44. The van der Waals surface area contributed by atoms with Gasteiger partial charge in [-0.2, -0.15) is 0 Å². The minimum absolute atomic E-state index is 0.0404. The zero-order valence-corrected chi connectivity index (χ0v) is 25.5. The van der Waals surface area contributed by atoms with E-state index in [1.807, 2.05) is 0 Å². The lowest BCUT2D eigenvalue weighted by Crippen LogP contribution is -2.14. The van der Waals surface area contributed by atoms with Gasteiger partial charge < -0.3 is 0 Å². The molecule has 212 valence electrons. The molecule has 0 aliphatic heterocycles. The van der Waals surface area contributed by atoms with E-state index in [4.69, 9.17) is 0 Å². The second kappa shape index (κ2) is 9.78. The molecule has 0 unspecified atom stereocenters. The van der Waals surface area contributed by atoms with Gasteiger partial charge in [0.25, 0.3) is 0 Å². The first-order valence-corrected chi connectivity index (χ1v) is 15.9. The number of hydrogen-bond donors (Lipinski definition) is 0. The maximum absolute atomic E-state index is 2.44. The van der Waals surface area contributed by atoms with Crippen molar-refractivity contribution in [3.8, 4) is 44.5 Å². The van der Waals surface area contributed by atoms with Gasteiger partial charge in [-0.25, -0.2) is 0 Å². The molecule has 0 bridgehead atoms. The zero-order chi connectivity index (χ0) is 30.1. The standard InChI is InChI=1S/C45H32/c1-45(2)41-23-13-12-18-34(41)35-25-24-30(28-42(35)45)32-26-31-16-6-7-17-33(31)40(27-32)44-38-21-10-8-19-36(38)43(29-14-4-3-5-15-29)37-20-9-11-22-39(37)44/h3-28H,1-2H3. The van der Waals surface area contributed by atoms with Gasteiger partial charge >= 0.3 is 0 Å². The fraction of sp³-hybridized carbons (Fsp3) is 0.0667. The van der Waals surface area contributed by atoms with Gasteiger partial charge in [0.2, 0.25) is 0 Å². The molecular formula is C45H32. The normalized spacial score (nSPS) is 13.3. The van der Waals surface area contributed by atoms with Crippen LogP contribution in [0.2, 0.25) is 0 Å². The molecule has 0 amide bonds. The molecule has 0 fully saturated rings. The van der Waals surface area contributed by atoms with E-state index in [1.165, 1.54) is 88.0 Å². The molecule has 0 aromatic heterocycles.